The Bertz CT molecular complexity index is 877. The maximum absolute atomic E-state index is 12.4. The first-order chi connectivity index (χ1) is 12.0. The average Bonchev–Trinajstić information content (AvgIpc) is 3.07. The van der Waals surface area contributed by atoms with Gasteiger partial charge in [-0.3, -0.25) is 4.79 Å². The summed E-state index contributed by atoms with van der Waals surface area (Å²) in [5, 5.41) is 11.0. The molecule has 1 aromatic heterocycles. The van der Waals surface area contributed by atoms with Gasteiger partial charge in [-0.1, -0.05) is 42.1 Å². The molecule has 0 radical (unpaired) electrons. The monoisotopic (exact) mass is 353 g/mol. The van der Waals surface area contributed by atoms with Crippen molar-refractivity contribution in [3.8, 4) is 11.5 Å². The molecule has 1 heterocycles. The number of aromatic nitrogens is 2. The van der Waals surface area contributed by atoms with Crippen LogP contribution in [-0.4, -0.2) is 21.4 Å². The molecule has 2 aromatic carbocycles. The zero-order chi connectivity index (χ0) is 17.8. The quantitative estimate of drug-likeness (QED) is 0.685. The molecular formula is C19H19N3O2S. The number of aryl methyl sites for hydroxylation is 2. The van der Waals surface area contributed by atoms with Crippen LogP contribution < -0.4 is 5.32 Å². The van der Waals surface area contributed by atoms with Crippen LogP contribution in [0.5, 0.6) is 0 Å². The normalized spacial score (nSPS) is 12.0. The zero-order valence-electron chi connectivity index (χ0n) is 14.3. The van der Waals surface area contributed by atoms with Gasteiger partial charge >= 0.3 is 0 Å². The summed E-state index contributed by atoms with van der Waals surface area (Å²) in [5.74, 6) is 0.350. The van der Waals surface area contributed by atoms with E-state index in [0.29, 0.717) is 11.1 Å². The highest BCUT2D eigenvalue weighted by molar-refractivity contribution is 8.00. The predicted molar refractivity (Wildman–Crippen MR) is 99.6 cm³/mol. The number of benzene rings is 2. The molecule has 128 valence electrons. The van der Waals surface area contributed by atoms with Crippen LogP contribution in [0, 0.1) is 13.8 Å². The average molecular weight is 353 g/mol. The summed E-state index contributed by atoms with van der Waals surface area (Å²) in [6.45, 7) is 5.78. The van der Waals surface area contributed by atoms with Crippen LogP contribution >= 0.6 is 11.8 Å². The highest BCUT2D eigenvalue weighted by atomic mass is 32.2. The van der Waals surface area contributed by atoms with Gasteiger partial charge in [0, 0.05) is 11.3 Å². The van der Waals surface area contributed by atoms with Crippen LogP contribution in [-0.2, 0) is 4.79 Å². The molecule has 6 heteroatoms. The third kappa shape index (κ3) is 4.28. The SMILES string of the molecule is Cc1ccc(C)c(NC(=O)[C@H](C)Sc2nnc(-c3ccccc3)o2)c1. The van der Waals surface area contributed by atoms with Gasteiger partial charge in [0.2, 0.25) is 11.8 Å². The van der Waals surface area contributed by atoms with Crippen molar-refractivity contribution in [2.24, 2.45) is 0 Å². The fourth-order valence-corrected chi connectivity index (χ4v) is 2.95. The highest BCUT2D eigenvalue weighted by Gasteiger charge is 2.19. The Morgan fingerprint density at radius 2 is 1.88 bits per heavy atom. The number of thioether (sulfide) groups is 1. The van der Waals surface area contributed by atoms with Crippen molar-refractivity contribution < 1.29 is 9.21 Å². The fraction of sp³-hybridized carbons (Fsp3) is 0.211. The molecule has 25 heavy (non-hydrogen) atoms. The van der Waals surface area contributed by atoms with E-state index in [1.165, 1.54) is 11.8 Å². The maximum atomic E-state index is 12.4. The summed E-state index contributed by atoms with van der Waals surface area (Å²) in [4.78, 5) is 12.4. The zero-order valence-corrected chi connectivity index (χ0v) is 15.1. The van der Waals surface area contributed by atoms with Crippen LogP contribution in [0.2, 0.25) is 0 Å². The number of hydrogen-bond acceptors (Lipinski definition) is 5. The van der Waals surface area contributed by atoms with Gasteiger partial charge in [-0.15, -0.1) is 10.2 Å². The summed E-state index contributed by atoms with van der Waals surface area (Å²) < 4.78 is 5.64. The highest BCUT2D eigenvalue weighted by Crippen LogP contribution is 2.27. The van der Waals surface area contributed by atoms with Crippen molar-refractivity contribution in [2.75, 3.05) is 5.32 Å². The lowest BCUT2D eigenvalue weighted by atomic mass is 10.1. The number of carbonyl (C=O) groups excluding carboxylic acids is 1. The van der Waals surface area contributed by atoms with E-state index in [1.54, 1.807) is 0 Å². The van der Waals surface area contributed by atoms with Crippen molar-refractivity contribution in [3.05, 3.63) is 59.7 Å². The smallest absolute Gasteiger partial charge is 0.277 e. The van der Waals surface area contributed by atoms with E-state index in [4.69, 9.17) is 4.42 Å². The molecule has 1 amide bonds. The van der Waals surface area contributed by atoms with E-state index in [0.717, 1.165) is 22.4 Å². The first-order valence-electron chi connectivity index (χ1n) is 7.96. The number of nitrogens with one attached hydrogen (secondary N) is 1. The number of rotatable bonds is 5. The molecule has 0 aliphatic heterocycles. The van der Waals surface area contributed by atoms with E-state index in [9.17, 15) is 4.79 Å². The van der Waals surface area contributed by atoms with E-state index in [2.05, 4.69) is 15.5 Å². The molecule has 0 spiro atoms. The van der Waals surface area contributed by atoms with Gasteiger partial charge in [0.05, 0.1) is 5.25 Å². The van der Waals surface area contributed by atoms with Gasteiger partial charge in [-0.25, -0.2) is 0 Å². The molecule has 1 N–H and O–H groups in total. The second-order valence-electron chi connectivity index (χ2n) is 5.81. The standard InChI is InChI=1S/C19H19N3O2S/c1-12-9-10-13(2)16(11-12)20-17(23)14(3)25-19-22-21-18(24-19)15-7-5-4-6-8-15/h4-11,14H,1-3H3,(H,20,23)/t14-/m0/s1. The molecule has 0 bridgehead atoms. The van der Waals surface area contributed by atoms with Gasteiger partial charge in [-0.05, 0) is 50.1 Å². The summed E-state index contributed by atoms with van der Waals surface area (Å²) in [5.41, 5.74) is 3.81. The van der Waals surface area contributed by atoms with Crippen molar-refractivity contribution in [1.82, 2.24) is 10.2 Å². The van der Waals surface area contributed by atoms with Crippen molar-refractivity contribution in [2.45, 2.75) is 31.2 Å². The maximum Gasteiger partial charge on any atom is 0.277 e. The Balaban J connectivity index is 1.66. The molecule has 3 rings (SSSR count). The van der Waals surface area contributed by atoms with Crippen LogP contribution in [0.15, 0.2) is 58.2 Å². The minimum atomic E-state index is -0.357. The molecule has 0 fully saturated rings. The Morgan fingerprint density at radius 3 is 2.64 bits per heavy atom. The summed E-state index contributed by atoms with van der Waals surface area (Å²) >= 11 is 1.24. The molecule has 0 unspecified atom stereocenters. The van der Waals surface area contributed by atoms with Gasteiger partial charge in [0.25, 0.3) is 5.22 Å². The van der Waals surface area contributed by atoms with Crippen LogP contribution in [0.3, 0.4) is 0 Å². The summed E-state index contributed by atoms with van der Waals surface area (Å²) in [6, 6.07) is 15.5. The lowest BCUT2D eigenvalue weighted by Crippen LogP contribution is -2.22. The minimum Gasteiger partial charge on any atom is -0.411 e. The van der Waals surface area contributed by atoms with E-state index >= 15 is 0 Å². The van der Waals surface area contributed by atoms with Gasteiger partial charge in [0.1, 0.15) is 0 Å². The van der Waals surface area contributed by atoms with Crippen LogP contribution in [0.25, 0.3) is 11.5 Å². The van der Waals surface area contributed by atoms with Crippen molar-refractivity contribution >= 4 is 23.4 Å². The number of carbonyl (C=O) groups is 1. The summed E-state index contributed by atoms with van der Waals surface area (Å²) in [6.07, 6.45) is 0. The lowest BCUT2D eigenvalue weighted by molar-refractivity contribution is -0.115. The second-order valence-corrected chi connectivity index (χ2v) is 7.10. The number of hydrogen-bond donors (Lipinski definition) is 1. The van der Waals surface area contributed by atoms with Gasteiger partial charge in [0.15, 0.2) is 0 Å². The van der Waals surface area contributed by atoms with Gasteiger partial charge in [-0.2, -0.15) is 0 Å². The molecule has 0 saturated carbocycles. The Morgan fingerprint density at radius 1 is 1.12 bits per heavy atom. The van der Waals surface area contributed by atoms with Gasteiger partial charge < -0.3 is 9.73 Å². The van der Waals surface area contributed by atoms with Crippen molar-refractivity contribution in [3.63, 3.8) is 0 Å². The number of nitrogens with zero attached hydrogens (tertiary/aromatic N) is 2. The molecular weight excluding hydrogens is 334 g/mol. The van der Waals surface area contributed by atoms with Crippen LogP contribution in [0.4, 0.5) is 5.69 Å². The molecule has 0 aliphatic rings. The minimum absolute atomic E-state index is 0.0989. The Hall–Kier alpha value is -2.60. The largest absolute Gasteiger partial charge is 0.411 e. The number of amides is 1. The van der Waals surface area contributed by atoms with E-state index in [1.807, 2.05) is 69.3 Å². The van der Waals surface area contributed by atoms with E-state index in [-0.39, 0.29) is 11.2 Å². The molecule has 1 atom stereocenters. The van der Waals surface area contributed by atoms with E-state index < -0.39 is 0 Å². The molecule has 5 nitrogen and oxygen atoms in total. The molecule has 0 saturated heterocycles. The van der Waals surface area contributed by atoms with Crippen LogP contribution in [0.1, 0.15) is 18.1 Å². The third-order valence-corrected chi connectivity index (χ3v) is 4.66. The molecule has 3 aromatic rings. The second kappa shape index (κ2) is 7.53. The third-order valence-electron chi connectivity index (χ3n) is 3.72. The molecule has 0 aliphatic carbocycles. The Labute approximate surface area is 150 Å². The van der Waals surface area contributed by atoms with Crippen molar-refractivity contribution in [1.29, 1.82) is 0 Å². The Kier molecular flexibility index (Phi) is 5.19. The topological polar surface area (TPSA) is 68.0 Å². The predicted octanol–water partition coefficient (Wildman–Crippen LogP) is 4.47. The first kappa shape index (κ1) is 17.2. The fourth-order valence-electron chi connectivity index (χ4n) is 2.26. The lowest BCUT2D eigenvalue weighted by Gasteiger charge is -2.12. The number of anilines is 1. The first-order valence-corrected chi connectivity index (χ1v) is 8.84. The summed E-state index contributed by atoms with van der Waals surface area (Å²) in [7, 11) is 0.